The Labute approximate surface area is 275 Å². The zero-order chi connectivity index (χ0) is 32.9. The normalized spacial score (nSPS) is 22.7. The number of carbonyl (C=O) groups excluding carboxylic acids is 2. The molecular weight excluding hydrogens is 603 g/mol. The van der Waals surface area contributed by atoms with Gasteiger partial charge in [-0.3, -0.25) is 19.6 Å². The van der Waals surface area contributed by atoms with E-state index in [0.29, 0.717) is 64.6 Å². The van der Waals surface area contributed by atoms with Crippen LogP contribution in [0.3, 0.4) is 0 Å². The summed E-state index contributed by atoms with van der Waals surface area (Å²) in [5, 5.41) is 0. The molecule has 2 amide bonds. The van der Waals surface area contributed by atoms with Crippen LogP contribution < -0.4 is 18.9 Å². The minimum atomic E-state index is -1.02. The number of fused-ring (bicyclic) bond motifs is 4. The maximum Gasteiger partial charge on any atom is 0.256 e. The monoisotopic (exact) mass is 648 g/mol. The van der Waals surface area contributed by atoms with Crippen LogP contribution in [0.4, 0.5) is 15.8 Å². The summed E-state index contributed by atoms with van der Waals surface area (Å²) in [6, 6.07) is 6.73. The van der Waals surface area contributed by atoms with Gasteiger partial charge in [-0.2, -0.15) is 0 Å². The highest BCUT2D eigenvalue weighted by atomic mass is 19.1. The summed E-state index contributed by atoms with van der Waals surface area (Å²) in [5.41, 5.74) is 2.14. The lowest BCUT2D eigenvalue weighted by molar-refractivity contribution is 0.0760. The van der Waals surface area contributed by atoms with Gasteiger partial charge in [-0.05, 0) is 37.3 Å². The summed E-state index contributed by atoms with van der Waals surface area (Å²) < 4.78 is 37.1. The van der Waals surface area contributed by atoms with Crippen molar-refractivity contribution in [3.63, 3.8) is 0 Å². The Kier molecular flexibility index (Phi) is 10.3. The fraction of sp³-hybridized carbons (Fsp3) is 0.556. The molecule has 252 valence electrons. The Morgan fingerprint density at radius 2 is 1.15 bits per heavy atom. The molecule has 0 N–H and O–H groups in total. The largest absolute Gasteiger partial charge is 0.493 e. The minimum Gasteiger partial charge on any atom is -0.493 e. The van der Waals surface area contributed by atoms with Crippen molar-refractivity contribution in [2.45, 2.75) is 83.0 Å². The van der Waals surface area contributed by atoms with Crippen molar-refractivity contribution in [2.24, 2.45) is 15.9 Å². The van der Waals surface area contributed by atoms with E-state index < -0.39 is 6.17 Å². The number of aliphatic imine (C=N–C) groups is 2. The van der Waals surface area contributed by atoms with Crippen LogP contribution in [0.2, 0.25) is 0 Å². The third-order valence-electron chi connectivity index (χ3n) is 9.47. The number of halogens is 1. The number of unbranched alkanes of at least 4 members (excludes halogenated alkanes) is 6. The van der Waals surface area contributed by atoms with Crippen LogP contribution in [-0.2, 0) is 0 Å². The highest BCUT2D eigenvalue weighted by Gasteiger charge is 2.38. The summed E-state index contributed by atoms with van der Waals surface area (Å²) in [6.07, 6.45) is 11.0. The van der Waals surface area contributed by atoms with E-state index in [1.165, 1.54) is 0 Å². The van der Waals surface area contributed by atoms with Gasteiger partial charge in [0.15, 0.2) is 23.0 Å². The Bertz CT molecular complexity index is 1420. The number of amides is 2. The third-order valence-corrected chi connectivity index (χ3v) is 9.47. The molecule has 0 radical (unpaired) electrons. The topological polar surface area (TPSA) is 102 Å². The van der Waals surface area contributed by atoms with Crippen LogP contribution in [0.1, 0.15) is 85.4 Å². The Morgan fingerprint density at radius 3 is 1.66 bits per heavy atom. The summed E-state index contributed by atoms with van der Waals surface area (Å²) in [4.78, 5) is 38.8. The zero-order valence-electron chi connectivity index (χ0n) is 27.6. The molecule has 4 aliphatic rings. The first kappa shape index (κ1) is 32.8. The highest BCUT2D eigenvalue weighted by molar-refractivity contribution is 6.04. The number of ether oxygens (including phenoxy) is 4. The van der Waals surface area contributed by atoms with E-state index in [0.717, 1.165) is 57.9 Å². The van der Waals surface area contributed by atoms with E-state index in [1.54, 1.807) is 43.5 Å². The average molecular weight is 649 g/mol. The van der Waals surface area contributed by atoms with Gasteiger partial charge in [-0.25, -0.2) is 4.39 Å². The van der Waals surface area contributed by atoms with Gasteiger partial charge in [0.25, 0.3) is 11.8 Å². The van der Waals surface area contributed by atoms with Crippen molar-refractivity contribution in [3.05, 3.63) is 35.4 Å². The molecule has 10 nitrogen and oxygen atoms in total. The molecule has 0 spiro atoms. The average Bonchev–Trinajstić information content (AvgIpc) is 3.58. The van der Waals surface area contributed by atoms with Crippen LogP contribution in [0, 0.1) is 5.92 Å². The molecule has 2 fully saturated rings. The standard InChI is InChI=1S/C36H45FN4O6/c1-23-13-25-19-38-29-17-33(31(44-2)15-27(29)35(42)40(25)21-23)46-11-9-7-5-4-6-8-10-12-47-34-18-30-28(16-32(34)45-3)36(43)41-22-24(37)14-26(41)20-39-30/h15-20,23-26H,4-14,21-22H2,1-3H3/t23-,24-,25-,26-/m0/s1. The van der Waals surface area contributed by atoms with Gasteiger partial charge >= 0.3 is 0 Å². The van der Waals surface area contributed by atoms with Crippen LogP contribution in [0.5, 0.6) is 23.0 Å². The first-order chi connectivity index (χ1) is 22.9. The molecule has 2 aromatic rings. The molecular formula is C36H45FN4O6. The van der Waals surface area contributed by atoms with Gasteiger partial charge in [0, 0.05) is 37.5 Å². The number of rotatable bonds is 14. The van der Waals surface area contributed by atoms with Crippen molar-refractivity contribution < 1.29 is 32.9 Å². The fourth-order valence-corrected chi connectivity index (χ4v) is 6.94. The minimum absolute atomic E-state index is 0.00370. The third kappa shape index (κ3) is 7.23. The Morgan fingerprint density at radius 1 is 0.681 bits per heavy atom. The van der Waals surface area contributed by atoms with Crippen molar-refractivity contribution in [2.75, 3.05) is 40.5 Å². The molecule has 4 aliphatic heterocycles. The molecule has 2 aromatic carbocycles. The fourth-order valence-electron chi connectivity index (χ4n) is 6.94. The van der Waals surface area contributed by atoms with Gasteiger partial charge in [0.2, 0.25) is 0 Å². The summed E-state index contributed by atoms with van der Waals surface area (Å²) in [6.45, 7) is 4.11. The van der Waals surface area contributed by atoms with E-state index in [1.807, 2.05) is 17.2 Å². The van der Waals surface area contributed by atoms with Crippen LogP contribution >= 0.6 is 0 Å². The molecule has 0 unspecified atom stereocenters. The van der Waals surface area contributed by atoms with Crippen molar-refractivity contribution in [3.8, 4) is 23.0 Å². The van der Waals surface area contributed by atoms with Crippen LogP contribution in [-0.4, -0.2) is 92.8 Å². The SMILES string of the molecule is COc1cc2c(cc1OCCCCCCCCCOc1cc3c(cc1OC)C(=O)N1C[C@@H](F)C[C@H]1C=N3)N=C[C@@H]1C[C@H](C)CN1C2=O. The molecule has 4 heterocycles. The van der Waals surface area contributed by atoms with E-state index in [-0.39, 0.29) is 36.9 Å². The summed E-state index contributed by atoms with van der Waals surface area (Å²) in [5.74, 6) is 2.45. The molecule has 47 heavy (non-hydrogen) atoms. The van der Waals surface area contributed by atoms with E-state index in [9.17, 15) is 14.0 Å². The maximum atomic E-state index is 13.9. The Hall–Kier alpha value is -4.15. The lowest BCUT2D eigenvalue weighted by Crippen LogP contribution is -2.35. The number of alkyl halides is 1. The van der Waals surface area contributed by atoms with Crippen LogP contribution in [0.25, 0.3) is 0 Å². The van der Waals surface area contributed by atoms with Gasteiger partial charge in [0.1, 0.15) is 6.17 Å². The number of hydrogen-bond acceptors (Lipinski definition) is 8. The second-order valence-corrected chi connectivity index (χ2v) is 13.0. The number of hydrogen-bond donors (Lipinski definition) is 0. The number of benzene rings is 2. The lowest BCUT2D eigenvalue weighted by atomic mass is 10.1. The second-order valence-electron chi connectivity index (χ2n) is 13.0. The molecule has 11 heteroatoms. The first-order valence-electron chi connectivity index (χ1n) is 16.9. The van der Waals surface area contributed by atoms with E-state index >= 15 is 0 Å². The number of carbonyl (C=O) groups is 2. The van der Waals surface area contributed by atoms with E-state index in [2.05, 4.69) is 16.9 Å². The number of nitrogens with zero attached hydrogens (tertiary/aromatic N) is 4. The van der Waals surface area contributed by atoms with Crippen molar-refractivity contribution in [1.29, 1.82) is 0 Å². The predicted octanol–water partition coefficient (Wildman–Crippen LogP) is 6.73. The summed E-state index contributed by atoms with van der Waals surface area (Å²) in [7, 11) is 3.14. The highest BCUT2D eigenvalue weighted by Crippen LogP contribution is 2.40. The summed E-state index contributed by atoms with van der Waals surface area (Å²) >= 11 is 0. The molecule has 0 saturated carbocycles. The Balaban J connectivity index is 0.892. The first-order valence-corrected chi connectivity index (χ1v) is 16.9. The van der Waals surface area contributed by atoms with Gasteiger partial charge < -0.3 is 28.7 Å². The number of methoxy groups -OCH3 is 2. The lowest BCUT2D eigenvalue weighted by Gasteiger charge is -2.20. The van der Waals surface area contributed by atoms with Crippen molar-refractivity contribution in [1.82, 2.24) is 9.80 Å². The molecule has 0 aromatic heterocycles. The molecule has 0 aliphatic carbocycles. The van der Waals surface area contributed by atoms with Gasteiger partial charge in [-0.1, -0.05) is 39.0 Å². The molecule has 2 saturated heterocycles. The quantitative estimate of drug-likeness (QED) is 0.211. The second kappa shape index (κ2) is 14.7. The van der Waals surface area contributed by atoms with Gasteiger partial charge in [-0.15, -0.1) is 0 Å². The molecule has 4 atom stereocenters. The predicted molar refractivity (Wildman–Crippen MR) is 179 cm³/mol. The van der Waals surface area contributed by atoms with E-state index in [4.69, 9.17) is 18.9 Å². The van der Waals surface area contributed by atoms with Gasteiger partial charge in [0.05, 0.1) is 68.6 Å². The zero-order valence-corrected chi connectivity index (χ0v) is 27.6. The smallest absolute Gasteiger partial charge is 0.256 e. The van der Waals surface area contributed by atoms with Crippen LogP contribution in [0.15, 0.2) is 34.3 Å². The molecule has 0 bridgehead atoms. The molecule has 6 rings (SSSR count). The maximum absolute atomic E-state index is 13.9. The van der Waals surface area contributed by atoms with Crippen molar-refractivity contribution >= 4 is 35.6 Å².